The van der Waals surface area contributed by atoms with Crippen molar-refractivity contribution in [2.24, 2.45) is 0 Å². The molecule has 0 aliphatic carbocycles. The van der Waals surface area contributed by atoms with Gasteiger partial charge in [-0.25, -0.2) is 13.6 Å². The number of esters is 1. The molecule has 1 N–H and O–H groups in total. The van der Waals surface area contributed by atoms with Gasteiger partial charge in [0.15, 0.2) is 11.6 Å². The number of rotatable bonds is 6. The molecule has 2 aromatic carbocycles. The SMILES string of the molecule is CCOC(=O)c1cc(O)cc(Oc2nc(Oc3cccc(C#N)c3)c(F)c(C)c2F)c1. The molecule has 3 rings (SSSR count). The summed E-state index contributed by atoms with van der Waals surface area (Å²) in [6.07, 6.45) is 0. The van der Waals surface area contributed by atoms with E-state index in [1.165, 1.54) is 37.3 Å². The number of phenolic OH excluding ortho intramolecular Hbond substituents is 1. The molecule has 0 atom stereocenters. The van der Waals surface area contributed by atoms with Gasteiger partial charge in [0.2, 0.25) is 0 Å². The van der Waals surface area contributed by atoms with Crippen LogP contribution in [0.5, 0.6) is 29.0 Å². The van der Waals surface area contributed by atoms with Crippen molar-refractivity contribution in [2.45, 2.75) is 13.8 Å². The predicted molar refractivity (Wildman–Crippen MR) is 104 cm³/mol. The fraction of sp³-hybridized carbons (Fsp3) is 0.136. The number of ether oxygens (including phenoxy) is 3. The highest BCUT2D eigenvalue weighted by molar-refractivity contribution is 5.90. The van der Waals surface area contributed by atoms with E-state index in [0.29, 0.717) is 0 Å². The second kappa shape index (κ2) is 9.09. The van der Waals surface area contributed by atoms with E-state index in [2.05, 4.69) is 4.98 Å². The summed E-state index contributed by atoms with van der Waals surface area (Å²) in [6, 6.07) is 11.3. The van der Waals surface area contributed by atoms with Gasteiger partial charge in [0.05, 0.1) is 23.8 Å². The molecule has 158 valence electrons. The van der Waals surface area contributed by atoms with Gasteiger partial charge in [0.1, 0.15) is 17.2 Å². The Hall–Kier alpha value is -4.19. The van der Waals surface area contributed by atoms with Crippen LogP contribution in [0.1, 0.15) is 28.4 Å². The number of carbonyl (C=O) groups is 1. The Kier molecular flexibility index (Phi) is 6.31. The molecule has 7 nitrogen and oxygen atoms in total. The van der Waals surface area contributed by atoms with Crippen LogP contribution in [0.2, 0.25) is 0 Å². The van der Waals surface area contributed by atoms with Crippen LogP contribution in [0.3, 0.4) is 0 Å². The highest BCUT2D eigenvalue weighted by Gasteiger charge is 2.21. The van der Waals surface area contributed by atoms with E-state index in [0.717, 1.165) is 12.1 Å². The number of benzene rings is 2. The van der Waals surface area contributed by atoms with Crippen LogP contribution in [0.25, 0.3) is 0 Å². The van der Waals surface area contributed by atoms with Crippen LogP contribution in [0, 0.1) is 29.9 Å². The first-order valence-electron chi connectivity index (χ1n) is 9.05. The number of carbonyl (C=O) groups excluding carboxylic acids is 1. The Morgan fingerprint density at radius 2 is 1.77 bits per heavy atom. The molecule has 0 saturated heterocycles. The first-order valence-corrected chi connectivity index (χ1v) is 9.05. The molecular formula is C22H16F2N2O5. The van der Waals surface area contributed by atoms with Crippen molar-refractivity contribution in [3.63, 3.8) is 0 Å². The van der Waals surface area contributed by atoms with E-state index in [9.17, 15) is 18.7 Å². The third kappa shape index (κ3) is 4.87. The van der Waals surface area contributed by atoms with Gasteiger partial charge in [-0.1, -0.05) is 6.07 Å². The Morgan fingerprint density at radius 3 is 2.42 bits per heavy atom. The number of hydrogen-bond acceptors (Lipinski definition) is 7. The Balaban J connectivity index is 1.97. The van der Waals surface area contributed by atoms with Crippen molar-refractivity contribution in [3.8, 4) is 35.1 Å². The molecule has 0 amide bonds. The maximum absolute atomic E-state index is 14.6. The maximum atomic E-state index is 14.6. The molecule has 0 unspecified atom stereocenters. The molecule has 0 saturated carbocycles. The first-order chi connectivity index (χ1) is 14.8. The third-order valence-corrected chi connectivity index (χ3v) is 4.03. The number of aromatic hydroxyl groups is 1. The predicted octanol–water partition coefficient (Wildman–Crippen LogP) is 5.01. The van der Waals surface area contributed by atoms with Gasteiger partial charge in [-0.15, -0.1) is 0 Å². The van der Waals surface area contributed by atoms with Gasteiger partial charge < -0.3 is 19.3 Å². The van der Waals surface area contributed by atoms with Crippen LogP contribution >= 0.6 is 0 Å². The molecule has 9 heteroatoms. The zero-order chi connectivity index (χ0) is 22.5. The summed E-state index contributed by atoms with van der Waals surface area (Å²) < 4.78 is 44.7. The molecule has 31 heavy (non-hydrogen) atoms. The zero-order valence-electron chi connectivity index (χ0n) is 16.5. The normalized spacial score (nSPS) is 10.3. The number of nitrogens with zero attached hydrogens (tertiary/aromatic N) is 2. The van der Waals surface area contributed by atoms with Crippen LogP contribution in [0.4, 0.5) is 8.78 Å². The highest BCUT2D eigenvalue weighted by atomic mass is 19.1. The molecule has 0 bridgehead atoms. The summed E-state index contributed by atoms with van der Waals surface area (Å²) in [5.74, 6) is -4.40. The molecule has 0 fully saturated rings. The van der Waals surface area contributed by atoms with Gasteiger partial charge in [0, 0.05) is 11.6 Å². The molecule has 3 aromatic rings. The number of phenols is 1. The molecule has 1 aromatic heterocycles. The van der Waals surface area contributed by atoms with Crippen LogP contribution in [-0.2, 0) is 4.74 Å². The topological polar surface area (TPSA) is 102 Å². The average molecular weight is 426 g/mol. The summed E-state index contributed by atoms with van der Waals surface area (Å²) in [6.45, 7) is 2.91. The van der Waals surface area contributed by atoms with Gasteiger partial charge in [-0.05, 0) is 44.2 Å². The zero-order valence-corrected chi connectivity index (χ0v) is 16.5. The van der Waals surface area contributed by atoms with Crippen LogP contribution in [-0.4, -0.2) is 22.7 Å². The summed E-state index contributed by atoms with van der Waals surface area (Å²) in [7, 11) is 0. The molecule has 0 spiro atoms. The maximum Gasteiger partial charge on any atom is 0.338 e. The third-order valence-electron chi connectivity index (χ3n) is 4.03. The van der Waals surface area contributed by atoms with Gasteiger partial charge in [0.25, 0.3) is 11.8 Å². The van der Waals surface area contributed by atoms with E-state index >= 15 is 0 Å². The van der Waals surface area contributed by atoms with E-state index in [-0.39, 0.29) is 35.0 Å². The second-order valence-corrected chi connectivity index (χ2v) is 6.25. The molecule has 0 aliphatic heterocycles. The number of halogens is 2. The summed E-state index contributed by atoms with van der Waals surface area (Å²) in [5.41, 5.74) is -0.164. The number of aromatic nitrogens is 1. The minimum atomic E-state index is -1.09. The van der Waals surface area contributed by atoms with Crippen LogP contribution in [0.15, 0.2) is 42.5 Å². The molecular weight excluding hydrogens is 410 g/mol. The minimum Gasteiger partial charge on any atom is -0.508 e. The quantitative estimate of drug-likeness (QED) is 0.553. The van der Waals surface area contributed by atoms with Gasteiger partial charge in [-0.2, -0.15) is 10.2 Å². The van der Waals surface area contributed by atoms with E-state index in [1.54, 1.807) is 6.92 Å². The average Bonchev–Trinajstić information content (AvgIpc) is 2.75. The van der Waals surface area contributed by atoms with Crippen LogP contribution < -0.4 is 9.47 Å². The van der Waals surface area contributed by atoms with Gasteiger partial charge >= 0.3 is 5.97 Å². The number of hydrogen-bond donors (Lipinski definition) is 1. The highest BCUT2D eigenvalue weighted by Crippen LogP contribution is 2.34. The lowest BCUT2D eigenvalue weighted by Gasteiger charge is -2.13. The van der Waals surface area contributed by atoms with E-state index in [4.69, 9.17) is 19.5 Å². The standard InChI is InChI=1S/C22H16F2N2O5/c1-3-29-22(28)14-8-15(27)10-17(9-14)31-21-19(24)12(2)18(23)20(26-21)30-16-6-4-5-13(7-16)11-25/h4-10,27H,3H2,1-2H3. The van der Waals surface area contributed by atoms with Crippen molar-refractivity contribution in [1.82, 2.24) is 4.98 Å². The molecule has 1 heterocycles. The lowest BCUT2D eigenvalue weighted by molar-refractivity contribution is 0.0525. The van der Waals surface area contributed by atoms with Crippen molar-refractivity contribution in [1.29, 1.82) is 5.26 Å². The molecule has 0 aliphatic rings. The Morgan fingerprint density at radius 1 is 1.10 bits per heavy atom. The lowest BCUT2D eigenvalue weighted by Crippen LogP contribution is -2.05. The molecule has 0 radical (unpaired) electrons. The minimum absolute atomic E-state index is 0.0270. The fourth-order valence-electron chi connectivity index (χ4n) is 2.57. The number of nitriles is 1. The summed E-state index contributed by atoms with van der Waals surface area (Å²) in [4.78, 5) is 15.6. The summed E-state index contributed by atoms with van der Waals surface area (Å²) >= 11 is 0. The first kappa shape index (κ1) is 21.5. The largest absolute Gasteiger partial charge is 0.508 e. The van der Waals surface area contributed by atoms with E-state index in [1.807, 2.05) is 6.07 Å². The van der Waals surface area contributed by atoms with Crippen molar-refractivity contribution < 1.29 is 32.9 Å². The number of pyridine rings is 1. The van der Waals surface area contributed by atoms with Gasteiger partial charge in [-0.3, -0.25) is 0 Å². The van der Waals surface area contributed by atoms with Crippen molar-refractivity contribution in [2.75, 3.05) is 6.61 Å². The van der Waals surface area contributed by atoms with E-state index < -0.39 is 34.9 Å². The van der Waals surface area contributed by atoms with Crippen molar-refractivity contribution >= 4 is 5.97 Å². The lowest BCUT2D eigenvalue weighted by atomic mass is 10.2. The smallest absolute Gasteiger partial charge is 0.338 e. The van der Waals surface area contributed by atoms with Crippen molar-refractivity contribution in [3.05, 3.63) is 70.8 Å². The second-order valence-electron chi connectivity index (χ2n) is 6.25. The fourth-order valence-corrected chi connectivity index (χ4v) is 2.57. The monoisotopic (exact) mass is 426 g/mol. The summed E-state index contributed by atoms with van der Waals surface area (Å²) in [5, 5.41) is 18.8. The Labute approximate surface area is 176 Å². The Bertz CT molecular complexity index is 1190.